The predicted octanol–water partition coefficient (Wildman–Crippen LogP) is 0.890. The zero-order valence-corrected chi connectivity index (χ0v) is 20.1. The fourth-order valence-corrected chi connectivity index (χ4v) is 4.08. The first kappa shape index (κ1) is 24.2. The van der Waals surface area contributed by atoms with E-state index in [1.807, 2.05) is 43.1 Å². The van der Waals surface area contributed by atoms with E-state index in [0.29, 0.717) is 37.8 Å². The first-order valence-electron chi connectivity index (χ1n) is 11.7. The summed E-state index contributed by atoms with van der Waals surface area (Å²) in [5.74, 6) is 2.75. The maximum Gasteiger partial charge on any atom is 0.241 e. The van der Waals surface area contributed by atoms with Crippen LogP contribution in [0.1, 0.15) is 12.0 Å². The van der Waals surface area contributed by atoms with Crippen molar-refractivity contribution < 1.29 is 19.4 Å². The number of likely N-dealkylation sites (N-methyl/N-ethyl adjacent to an activating group) is 2. The molecule has 0 radical (unpaired) electrons. The second kappa shape index (κ2) is 11.0. The molecule has 4 rings (SSSR count). The SMILES string of the molecule is CNCC(O)COc1cccc(-c2nc(NC3CCOC3)c(C)c(N3CCN(C)C(=O)C3)n2)c1. The van der Waals surface area contributed by atoms with E-state index in [0.717, 1.165) is 35.8 Å². The molecule has 34 heavy (non-hydrogen) atoms. The summed E-state index contributed by atoms with van der Waals surface area (Å²) >= 11 is 0. The number of piperazine rings is 1. The van der Waals surface area contributed by atoms with E-state index < -0.39 is 6.10 Å². The zero-order valence-electron chi connectivity index (χ0n) is 20.1. The lowest BCUT2D eigenvalue weighted by Crippen LogP contribution is -2.49. The summed E-state index contributed by atoms with van der Waals surface area (Å²) < 4.78 is 11.3. The topological polar surface area (TPSA) is 112 Å². The molecule has 1 amide bonds. The highest BCUT2D eigenvalue weighted by molar-refractivity contribution is 5.83. The van der Waals surface area contributed by atoms with Gasteiger partial charge in [0.15, 0.2) is 5.82 Å². The first-order chi connectivity index (χ1) is 16.4. The average Bonchev–Trinajstić information content (AvgIpc) is 3.34. The highest BCUT2D eigenvalue weighted by atomic mass is 16.5. The molecule has 10 nitrogen and oxygen atoms in total. The lowest BCUT2D eigenvalue weighted by molar-refractivity contribution is -0.129. The summed E-state index contributed by atoms with van der Waals surface area (Å²) in [5.41, 5.74) is 1.71. The van der Waals surface area contributed by atoms with Crippen LogP contribution in [0.15, 0.2) is 24.3 Å². The largest absolute Gasteiger partial charge is 0.491 e. The van der Waals surface area contributed by atoms with Crippen LogP contribution in [0.2, 0.25) is 0 Å². The molecule has 10 heteroatoms. The van der Waals surface area contributed by atoms with E-state index in [9.17, 15) is 9.90 Å². The number of aromatic nitrogens is 2. The fourth-order valence-electron chi connectivity index (χ4n) is 4.08. The van der Waals surface area contributed by atoms with Gasteiger partial charge >= 0.3 is 0 Å². The van der Waals surface area contributed by atoms with E-state index in [2.05, 4.69) is 10.6 Å². The van der Waals surface area contributed by atoms with Crippen molar-refractivity contribution in [2.24, 2.45) is 0 Å². The summed E-state index contributed by atoms with van der Waals surface area (Å²) in [4.78, 5) is 25.9. The van der Waals surface area contributed by atoms with Gasteiger partial charge in [-0.3, -0.25) is 4.79 Å². The second-order valence-corrected chi connectivity index (χ2v) is 8.84. The first-order valence-corrected chi connectivity index (χ1v) is 11.7. The van der Waals surface area contributed by atoms with E-state index in [1.165, 1.54) is 0 Å². The molecular weight excluding hydrogens is 436 g/mol. The number of nitrogens with one attached hydrogen (secondary N) is 2. The van der Waals surface area contributed by atoms with Crippen molar-refractivity contribution in [3.8, 4) is 17.1 Å². The van der Waals surface area contributed by atoms with Gasteiger partial charge in [0, 0.05) is 44.4 Å². The Morgan fingerprint density at radius 1 is 1.32 bits per heavy atom. The van der Waals surface area contributed by atoms with Crippen molar-refractivity contribution in [2.75, 3.05) is 70.3 Å². The predicted molar refractivity (Wildman–Crippen MR) is 130 cm³/mol. The van der Waals surface area contributed by atoms with Crippen LogP contribution < -0.4 is 20.3 Å². The molecule has 184 valence electrons. The second-order valence-electron chi connectivity index (χ2n) is 8.84. The summed E-state index contributed by atoms with van der Waals surface area (Å²) in [6.45, 7) is 5.63. The smallest absolute Gasteiger partial charge is 0.241 e. The van der Waals surface area contributed by atoms with Crippen molar-refractivity contribution in [1.82, 2.24) is 20.2 Å². The molecule has 2 atom stereocenters. The molecule has 0 bridgehead atoms. The number of benzene rings is 1. The number of hydrogen-bond donors (Lipinski definition) is 3. The van der Waals surface area contributed by atoms with Gasteiger partial charge in [0.25, 0.3) is 0 Å². The van der Waals surface area contributed by atoms with Gasteiger partial charge in [0.2, 0.25) is 5.91 Å². The number of nitrogens with zero attached hydrogens (tertiary/aromatic N) is 4. The standard InChI is InChI=1S/C24H34N6O4/c1-16-22(26-18-7-10-33-14-18)27-23(28-24(16)30-9-8-29(3)21(32)13-30)17-5-4-6-20(11-17)34-15-19(31)12-25-2/h4-6,11,18-19,25,31H,7-10,12-15H2,1-3H3,(H,26,27,28). The van der Waals surface area contributed by atoms with E-state index in [-0.39, 0.29) is 25.1 Å². The average molecular weight is 471 g/mol. The van der Waals surface area contributed by atoms with Crippen LogP contribution in [0.4, 0.5) is 11.6 Å². The van der Waals surface area contributed by atoms with Crippen LogP contribution in [0.25, 0.3) is 11.4 Å². The maximum atomic E-state index is 12.4. The number of anilines is 2. The quantitative estimate of drug-likeness (QED) is 0.492. The minimum absolute atomic E-state index is 0.0695. The molecule has 2 saturated heterocycles. The molecule has 2 unspecified atom stereocenters. The monoisotopic (exact) mass is 470 g/mol. The van der Waals surface area contributed by atoms with Gasteiger partial charge < -0.3 is 35.0 Å². The Kier molecular flexibility index (Phi) is 7.81. The third-order valence-electron chi connectivity index (χ3n) is 6.12. The van der Waals surface area contributed by atoms with Crippen molar-refractivity contribution in [3.63, 3.8) is 0 Å². The number of carbonyl (C=O) groups is 1. The van der Waals surface area contributed by atoms with Gasteiger partial charge in [-0.05, 0) is 32.5 Å². The summed E-state index contributed by atoms with van der Waals surface area (Å²) in [5, 5.41) is 16.4. The number of aliphatic hydroxyl groups is 1. The van der Waals surface area contributed by atoms with Crippen LogP contribution in [0.5, 0.6) is 5.75 Å². The number of hydrogen-bond acceptors (Lipinski definition) is 9. The fraction of sp³-hybridized carbons (Fsp3) is 0.542. The lowest BCUT2D eigenvalue weighted by atomic mass is 10.1. The molecule has 1 aromatic carbocycles. The van der Waals surface area contributed by atoms with Crippen LogP contribution in [0.3, 0.4) is 0 Å². The summed E-state index contributed by atoms with van der Waals surface area (Å²) in [7, 11) is 3.61. The van der Waals surface area contributed by atoms with Gasteiger partial charge in [-0.15, -0.1) is 0 Å². The number of aliphatic hydroxyl groups excluding tert-OH is 1. The highest BCUT2D eigenvalue weighted by Gasteiger charge is 2.26. The van der Waals surface area contributed by atoms with Gasteiger partial charge in [0.05, 0.1) is 19.2 Å². The van der Waals surface area contributed by atoms with Crippen LogP contribution >= 0.6 is 0 Å². The Morgan fingerprint density at radius 2 is 2.18 bits per heavy atom. The molecule has 3 N–H and O–H groups in total. The van der Waals surface area contributed by atoms with Gasteiger partial charge in [-0.1, -0.05) is 12.1 Å². The normalized spacial score (nSPS) is 19.4. The highest BCUT2D eigenvalue weighted by Crippen LogP contribution is 2.30. The minimum atomic E-state index is -0.602. The zero-order chi connectivity index (χ0) is 24.1. The van der Waals surface area contributed by atoms with E-state index >= 15 is 0 Å². The number of amides is 1. The Morgan fingerprint density at radius 3 is 2.91 bits per heavy atom. The molecule has 2 aliphatic heterocycles. The maximum absolute atomic E-state index is 12.4. The Labute approximate surface area is 200 Å². The molecule has 3 heterocycles. The molecule has 2 aliphatic rings. The van der Waals surface area contributed by atoms with Gasteiger partial charge in [0.1, 0.15) is 30.1 Å². The van der Waals surface area contributed by atoms with Crippen LogP contribution in [-0.2, 0) is 9.53 Å². The third-order valence-corrected chi connectivity index (χ3v) is 6.12. The van der Waals surface area contributed by atoms with Crippen molar-refractivity contribution in [1.29, 1.82) is 0 Å². The Hall–Kier alpha value is -2.95. The minimum Gasteiger partial charge on any atom is -0.491 e. The van der Waals surface area contributed by atoms with Crippen molar-refractivity contribution >= 4 is 17.5 Å². The summed E-state index contributed by atoms with van der Waals surface area (Å²) in [6.07, 6.45) is 0.314. The number of rotatable bonds is 9. The Bertz CT molecular complexity index is 997. The van der Waals surface area contributed by atoms with Crippen molar-refractivity contribution in [2.45, 2.75) is 25.5 Å². The molecule has 0 saturated carbocycles. The van der Waals surface area contributed by atoms with Gasteiger partial charge in [-0.2, -0.15) is 0 Å². The molecule has 1 aromatic heterocycles. The molecule has 0 aliphatic carbocycles. The number of ether oxygens (including phenoxy) is 2. The Balaban J connectivity index is 1.64. The van der Waals surface area contributed by atoms with Crippen LogP contribution in [-0.4, -0.2) is 98.1 Å². The van der Waals surface area contributed by atoms with Gasteiger partial charge in [-0.25, -0.2) is 9.97 Å². The number of carbonyl (C=O) groups excluding carboxylic acids is 1. The summed E-state index contributed by atoms with van der Waals surface area (Å²) in [6, 6.07) is 7.72. The van der Waals surface area contributed by atoms with E-state index in [4.69, 9.17) is 19.4 Å². The molecule has 2 aromatic rings. The molecule has 0 spiro atoms. The molecule has 2 fully saturated rings. The lowest BCUT2D eigenvalue weighted by Gasteiger charge is -2.34. The van der Waals surface area contributed by atoms with Crippen molar-refractivity contribution in [3.05, 3.63) is 29.8 Å². The van der Waals surface area contributed by atoms with Crippen LogP contribution in [0, 0.1) is 6.92 Å². The third kappa shape index (κ3) is 5.75. The van der Waals surface area contributed by atoms with E-state index in [1.54, 1.807) is 11.9 Å². The molecular formula is C24H34N6O4.